The van der Waals surface area contributed by atoms with Gasteiger partial charge in [0.1, 0.15) is 23.9 Å². The molecule has 184 valence electrons. The van der Waals surface area contributed by atoms with Gasteiger partial charge in [0.15, 0.2) is 0 Å². The Bertz CT molecular complexity index is 1330. The maximum atomic E-state index is 13.9. The molecule has 1 fully saturated rings. The molecule has 7 nitrogen and oxygen atoms in total. The van der Waals surface area contributed by atoms with Gasteiger partial charge in [0, 0.05) is 12.6 Å². The Balaban J connectivity index is 1.51. The molecule has 0 bridgehead atoms. The lowest BCUT2D eigenvalue weighted by molar-refractivity contribution is -0.142. The second-order valence-corrected chi connectivity index (χ2v) is 9.19. The number of nitrogens with one attached hydrogen (secondary N) is 1. The minimum Gasteiger partial charge on any atom is -0.351 e. The summed E-state index contributed by atoms with van der Waals surface area (Å²) in [7, 11) is 0. The Morgan fingerprint density at radius 2 is 1.67 bits per heavy atom. The van der Waals surface area contributed by atoms with E-state index in [4.69, 9.17) is 0 Å². The minimum absolute atomic E-state index is 0.0816. The van der Waals surface area contributed by atoms with E-state index in [1.807, 2.05) is 54.6 Å². The predicted molar refractivity (Wildman–Crippen MR) is 134 cm³/mol. The van der Waals surface area contributed by atoms with Crippen LogP contribution in [0, 0.1) is 5.82 Å². The number of hydrogen-bond acceptors (Lipinski definition) is 4. The van der Waals surface area contributed by atoms with Gasteiger partial charge in [-0.25, -0.2) is 9.07 Å². The van der Waals surface area contributed by atoms with Crippen LogP contribution in [0.1, 0.15) is 42.9 Å². The highest BCUT2D eigenvalue weighted by molar-refractivity contribution is 5.89. The molecule has 1 atom stereocenters. The lowest BCUT2D eigenvalue weighted by atomic mass is 10.0. The van der Waals surface area contributed by atoms with Crippen LogP contribution in [0.15, 0.2) is 78.9 Å². The third-order valence-electron chi connectivity index (χ3n) is 6.67. The summed E-state index contributed by atoms with van der Waals surface area (Å²) < 4.78 is 15.1. The van der Waals surface area contributed by atoms with Gasteiger partial charge < -0.3 is 10.2 Å². The molecule has 4 aromatic rings. The molecular weight excluding hydrogens is 457 g/mol. The van der Waals surface area contributed by atoms with Gasteiger partial charge in [0.05, 0.1) is 5.52 Å². The zero-order valence-electron chi connectivity index (χ0n) is 19.9. The highest BCUT2D eigenvalue weighted by atomic mass is 19.1. The van der Waals surface area contributed by atoms with Gasteiger partial charge in [-0.05, 0) is 48.2 Å². The van der Waals surface area contributed by atoms with Crippen molar-refractivity contribution < 1.29 is 14.0 Å². The van der Waals surface area contributed by atoms with Gasteiger partial charge in [0.25, 0.3) is 0 Å². The van der Waals surface area contributed by atoms with E-state index >= 15 is 0 Å². The number of carbonyl (C=O) groups is 2. The van der Waals surface area contributed by atoms with Crippen molar-refractivity contribution in [1.29, 1.82) is 0 Å². The zero-order valence-corrected chi connectivity index (χ0v) is 19.9. The molecule has 0 saturated heterocycles. The number of hydrogen-bond donors (Lipinski definition) is 1. The molecule has 1 N–H and O–H groups in total. The second-order valence-electron chi connectivity index (χ2n) is 9.19. The lowest BCUT2D eigenvalue weighted by Crippen LogP contribution is -2.46. The lowest BCUT2D eigenvalue weighted by Gasteiger charge is -2.32. The van der Waals surface area contributed by atoms with Crippen LogP contribution in [0.5, 0.6) is 0 Å². The number of fused-ring (bicyclic) bond motifs is 1. The summed E-state index contributed by atoms with van der Waals surface area (Å²) in [4.78, 5) is 29.1. The first-order valence-corrected chi connectivity index (χ1v) is 12.3. The van der Waals surface area contributed by atoms with Gasteiger partial charge in [0.2, 0.25) is 11.8 Å². The molecule has 3 aromatic carbocycles. The third-order valence-corrected chi connectivity index (χ3v) is 6.67. The largest absolute Gasteiger partial charge is 0.351 e. The maximum Gasteiger partial charge on any atom is 0.247 e. The molecule has 8 heteroatoms. The molecule has 0 unspecified atom stereocenters. The van der Waals surface area contributed by atoms with Crippen LogP contribution in [-0.4, -0.2) is 37.7 Å². The summed E-state index contributed by atoms with van der Waals surface area (Å²) in [6.45, 7) is 0.0607. The van der Waals surface area contributed by atoms with Crippen LogP contribution in [0.3, 0.4) is 0 Å². The SMILES string of the molecule is O=C(NC1CCCC1)[C@H](c1ccccc1)N(Cc1ccc(F)cc1)C(=O)Cn1nnc2ccccc21. The van der Waals surface area contributed by atoms with Gasteiger partial charge in [-0.15, -0.1) is 5.10 Å². The average Bonchev–Trinajstić information content (AvgIpc) is 3.56. The van der Waals surface area contributed by atoms with E-state index in [0.29, 0.717) is 11.1 Å². The van der Waals surface area contributed by atoms with Crippen molar-refractivity contribution >= 4 is 22.8 Å². The minimum atomic E-state index is -0.848. The normalized spacial score (nSPS) is 14.6. The van der Waals surface area contributed by atoms with E-state index in [1.165, 1.54) is 12.1 Å². The Hall–Kier alpha value is -4.07. The van der Waals surface area contributed by atoms with Crippen molar-refractivity contribution in [2.45, 2.75) is 50.9 Å². The van der Waals surface area contributed by atoms with E-state index in [0.717, 1.165) is 36.8 Å². The fourth-order valence-corrected chi connectivity index (χ4v) is 4.82. The Morgan fingerprint density at radius 1 is 0.972 bits per heavy atom. The fourth-order valence-electron chi connectivity index (χ4n) is 4.82. The van der Waals surface area contributed by atoms with Crippen LogP contribution in [0.2, 0.25) is 0 Å². The number of para-hydroxylation sites is 1. The van der Waals surface area contributed by atoms with Gasteiger partial charge in [-0.1, -0.05) is 72.7 Å². The Morgan fingerprint density at radius 3 is 2.42 bits per heavy atom. The van der Waals surface area contributed by atoms with Crippen LogP contribution < -0.4 is 5.32 Å². The summed E-state index contributed by atoms with van der Waals surface area (Å²) in [5.74, 6) is -0.860. The first-order chi connectivity index (χ1) is 17.6. The van der Waals surface area contributed by atoms with Crippen molar-refractivity contribution in [1.82, 2.24) is 25.2 Å². The number of benzene rings is 3. The summed E-state index contributed by atoms with van der Waals surface area (Å²) in [6, 6.07) is 22.0. The second kappa shape index (κ2) is 10.7. The van der Waals surface area contributed by atoms with Crippen molar-refractivity contribution in [2.24, 2.45) is 0 Å². The van der Waals surface area contributed by atoms with Gasteiger partial charge in [-0.3, -0.25) is 9.59 Å². The molecule has 1 aliphatic rings. The molecule has 1 saturated carbocycles. The van der Waals surface area contributed by atoms with Crippen LogP contribution in [0.25, 0.3) is 11.0 Å². The molecule has 36 heavy (non-hydrogen) atoms. The van der Waals surface area contributed by atoms with Crippen molar-refractivity contribution in [3.8, 4) is 0 Å². The van der Waals surface area contributed by atoms with Gasteiger partial charge in [-0.2, -0.15) is 0 Å². The quantitative estimate of drug-likeness (QED) is 0.401. The van der Waals surface area contributed by atoms with Crippen molar-refractivity contribution in [3.63, 3.8) is 0 Å². The molecule has 1 heterocycles. The summed E-state index contributed by atoms with van der Waals surface area (Å²) >= 11 is 0. The fraction of sp³-hybridized carbons (Fsp3) is 0.286. The smallest absolute Gasteiger partial charge is 0.247 e. The predicted octanol–water partition coefficient (Wildman–Crippen LogP) is 4.40. The standard InChI is InChI=1S/C28H28FN5O2/c29-22-16-14-20(15-17-22)18-33(26(35)19-34-25-13-7-6-12-24(25)31-32-34)27(21-8-2-1-3-9-21)28(36)30-23-10-4-5-11-23/h1-3,6-9,12-17,23,27H,4-5,10-11,18-19H2,(H,30,36)/t27-/m0/s1. The third kappa shape index (κ3) is 5.27. The number of aromatic nitrogens is 3. The van der Waals surface area contributed by atoms with E-state index < -0.39 is 6.04 Å². The summed E-state index contributed by atoms with van der Waals surface area (Å²) in [5.41, 5.74) is 2.86. The number of rotatable bonds is 8. The Labute approximate surface area is 208 Å². The van der Waals surface area contributed by atoms with E-state index in [1.54, 1.807) is 21.7 Å². The zero-order chi connectivity index (χ0) is 24.9. The van der Waals surface area contributed by atoms with Crippen LogP contribution in [0.4, 0.5) is 4.39 Å². The summed E-state index contributed by atoms with van der Waals surface area (Å²) in [5, 5.41) is 11.5. The topological polar surface area (TPSA) is 80.1 Å². The monoisotopic (exact) mass is 485 g/mol. The molecule has 5 rings (SSSR count). The molecule has 1 aromatic heterocycles. The number of nitrogens with zero attached hydrogens (tertiary/aromatic N) is 4. The highest BCUT2D eigenvalue weighted by Gasteiger charge is 2.33. The average molecular weight is 486 g/mol. The Kier molecular flexibility index (Phi) is 7.02. The molecule has 2 amide bonds. The van der Waals surface area contributed by atoms with Crippen LogP contribution >= 0.6 is 0 Å². The first-order valence-electron chi connectivity index (χ1n) is 12.3. The van der Waals surface area contributed by atoms with E-state index in [9.17, 15) is 14.0 Å². The molecular formula is C28H28FN5O2. The maximum absolute atomic E-state index is 13.9. The van der Waals surface area contributed by atoms with Crippen molar-refractivity contribution in [2.75, 3.05) is 0 Å². The number of halogens is 1. The number of carbonyl (C=O) groups excluding carboxylic acids is 2. The van der Waals surface area contributed by atoms with Gasteiger partial charge >= 0.3 is 0 Å². The molecule has 0 radical (unpaired) electrons. The van der Waals surface area contributed by atoms with E-state index in [-0.39, 0.29) is 36.8 Å². The molecule has 0 spiro atoms. The number of amides is 2. The highest BCUT2D eigenvalue weighted by Crippen LogP contribution is 2.26. The van der Waals surface area contributed by atoms with Crippen molar-refractivity contribution in [3.05, 3.63) is 95.8 Å². The first kappa shape index (κ1) is 23.7. The molecule has 1 aliphatic carbocycles. The van der Waals surface area contributed by atoms with Crippen LogP contribution in [-0.2, 0) is 22.7 Å². The van der Waals surface area contributed by atoms with E-state index in [2.05, 4.69) is 15.6 Å². The summed E-state index contributed by atoms with van der Waals surface area (Å²) in [6.07, 6.45) is 4.03. The molecule has 0 aliphatic heterocycles.